The molecule has 0 aromatic carbocycles. The lowest BCUT2D eigenvalue weighted by atomic mass is 9.99. The van der Waals surface area contributed by atoms with Crippen LogP contribution in [0.15, 0.2) is 72.9 Å². The monoisotopic (exact) mass is 859 g/mol. The Labute approximate surface area is 372 Å². The van der Waals surface area contributed by atoms with Gasteiger partial charge in [-0.1, -0.05) is 170 Å². The van der Waals surface area contributed by atoms with Crippen molar-refractivity contribution in [3.05, 3.63) is 72.9 Å². The lowest BCUT2D eigenvalue weighted by Crippen LogP contribution is -2.59. The van der Waals surface area contributed by atoms with Gasteiger partial charge in [-0.2, -0.15) is 0 Å². The van der Waals surface area contributed by atoms with Crippen LogP contribution in [0.25, 0.3) is 0 Å². The van der Waals surface area contributed by atoms with E-state index >= 15 is 0 Å². The topological polar surface area (TPSA) is 135 Å². The predicted octanol–water partition coefficient (Wildman–Crippen LogP) is 11.6. The standard InChI is InChI=1S/C52H90O9/c1-3-5-7-9-11-13-15-17-19-20-21-22-23-24-25-26-27-28-30-32-34-36-38-40-42-58-44-46(45-59-52-51(57)50(56)49(55)47(43-53)61-52)60-48(54)41-39-37-35-33-31-29-18-16-14-12-10-8-6-4-2/h5,7,11,13,16-19,21-22,24-25,46-47,49-53,55-57H,3-4,6,8-10,12,14-15,20,23,26-45H2,1-2H3/b7-5-,13-11-,18-16-,19-17-,22-21-,25-24-. The molecule has 9 nitrogen and oxygen atoms in total. The highest BCUT2D eigenvalue weighted by molar-refractivity contribution is 5.69. The number of ether oxygens (including phenoxy) is 4. The zero-order chi connectivity index (χ0) is 44.3. The van der Waals surface area contributed by atoms with Crippen molar-refractivity contribution in [3.63, 3.8) is 0 Å². The second kappa shape index (κ2) is 42.9. The summed E-state index contributed by atoms with van der Waals surface area (Å²) in [7, 11) is 0. The first-order valence-electron chi connectivity index (χ1n) is 24.5. The number of rotatable bonds is 41. The summed E-state index contributed by atoms with van der Waals surface area (Å²) in [6, 6.07) is 0. The fraction of sp³-hybridized carbons (Fsp3) is 0.750. The summed E-state index contributed by atoms with van der Waals surface area (Å²) < 4.78 is 22.8. The van der Waals surface area contributed by atoms with Gasteiger partial charge in [0.1, 0.15) is 30.5 Å². The molecule has 0 aromatic rings. The van der Waals surface area contributed by atoms with Crippen LogP contribution in [0.4, 0.5) is 0 Å². The highest BCUT2D eigenvalue weighted by Crippen LogP contribution is 2.22. The number of unbranched alkanes of at least 4 members (excludes halogenated alkanes) is 18. The molecule has 1 fully saturated rings. The van der Waals surface area contributed by atoms with Crippen molar-refractivity contribution in [2.75, 3.05) is 26.4 Å². The minimum Gasteiger partial charge on any atom is -0.457 e. The van der Waals surface area contributed by atoms with Gasteiger partial charge in [0.15, 0.2) is 6.29 Å². The number of carbonyl (C=O) groups excluding carboxylic acids is 1. The Morgan fingerprint density at radius 1 is 0.541 bits per heavy atom. The summed E-state index contributed by atoms with van der Waals surface area (Å²) in [6.07, 6.45) is 49.3. The molecule has 0 bridgehead atoms. The molecule has 0 amide bonds. The molecular formula is C52H90O9. The minimum atomic E-state index is -1.54. The number of aliphatic hydroxyl groups excluding tert-OH is 4. The van der Waals surface area contributed by atoms with Crippen LogP contribution < -0.4 is 0 Å². The SMILES string of the molecule is CC/C=C\C/C=C\C/C=C\C/C=C\C/C=C\CCCCCCCCCCOCC(COC1OC(CO)C(O)C(O)C1O)OC(=O)CCCCCCC/C=C\CCCCCCC. The van der Waals surface area contributed by atoms with Crippen LogP contribution in [-0.4, -0.2) is 89.6 Å². The third kappa shape index (κ3) is 33.8. The molecule has 1 rings (SSSR count). The molecule has 1 aliphatic heterocycles. The van der Waals surface area contributed by atoms with Crippen molar-refractivity contribution >= 4 is 5.97 Å². The van der Waals surface area contributed by atoms with E-state index in [1.165, 1.54) is 77.0 Å². The second-order valence-corrected chi connectivity index (χ2v) is 16.5. The quantitative estimate of drug-likeness (QED) is 0.0269. The fourth-order valence-electron chi connectivity index (χ4n) is 7.04. The third-order valence-electron chi connectivity index (χ3n) is 10.9. The Kier molecular flexibility index (Phi) is 39.8. The van der Waals surface area contributed by atoms with Gasteiger partial charge >= 0.3 is 5.97 Å². The van der Waals surface area contributed by atoms with E-state index in [2.05, 4.69) is 86.8 Å². The predicted molar refractivity (Wildman–Crippen MR) is 251 cm³/mol. The van der Waals surface area contributed by atoms with E-state index in [9.17, 15) is 25.2 Å². The van der Waals surface area contributed by atoms with Gasteiger partial charge in [0.25, 0.3) is 0 Å². The lowest BCUT2D eigenvalue weighted by molar-refractivity contribution is -0.305. The second-order valence-electron chi connectivity index (χ2n) is 16.5. The molecule has 0 aliphatic carbocycles. The maximum atomic E-state index is 12.8. The number of esters is 1. The first-order chi connectivity index (χ1) is 29.9. The van der Waals surface area contributed by atoms with E-state index in [4.69, 9.17) is 18.9 Å². The van der Waals surface area contributed by atoms with Gasteiger partial charge in [0.05, 0.1) is 19.8 Å². The zero-order valence-electron chi connectivity index (χ0n) is 38.6. The molecule has 9 heteroatoms. The van der Waals surface area contributed by atoms with E-state index in [1.54, 1.807) is 0 Å². The van der Waals surface area contributed by atoms with E-state index in [0.29, 0.717) is 13.0 Å². The minimum absolute atomic E-state index is 0.123. The van der Waals surface area contributed by atoms with E-state index in [0.717, 1.165) is 89.9 Å². The summed E-state index contributed by atoms with van der Waals surface area (Å²) in [4.78, 5) is 12.8. The van der Waals surface area contributed by atoms with Gasteiger partial charge < -0.3 is 39.4 Å². The van der Waals surface area contributed by atoms with Gasteiger partial charge in [-0.15, -0.1) is 0 Å². The average molecular weight is 859 g/mol. The van der Waals surface area contributed by atoms with Crippen molar-refractivity contribution in [2.24, 2.45) is 0 Å². The molecule has 4 N–H and O–H groups in total. The molecule has 6 unspecified atom stereocenters. The van der Waals surface area contributed by atoms with E-state index in [-0.39, 0.29) is 19.2 Å². The Balaban J connectivity index is 2.22. The number of aliphatic hydroxyl groups is 4. The zero-order valence-corrected chi connectivity index (χ0v) is 38.6. The van der Waals surface area contributed by atoms with Crippen LogP contribution >= 0.6 is 0 Å². The molecule has 0 spiro atoms. The van der Waals surface area contributed by atoms with Crippen LogP contribution in [0.2, 0.25) is 0 Å². The van der Waals surface area contributed by atoms with Gasteiger partial charge in [0, 0.05) is 13.0 Å². The number of allylic oxidation sites excluding steroid dienone is 12. The summed E-state index contributed by atoms with van der Waals surface area (Å²) in [5, 5.41) is 40.2. The maximum Gasteiger partial charge on any atom is 0.306 e. The Morgan fingerprint density at radius 3 is 1.52 bits per heavy atom. The lowest BCUT2D eigenvalue weighted by Gasteiger charge is -2.39. The van der Waals surface area contributed by atoms with Crippen molar-refractivity contribution in [1.29, 1.82) is 0 Å². The molecule has 1 aliphatic rings. The van der Waals surface area contributed by atoms with Crippen LogP contribution in [0, 0.1) is 0 Å². The van der Waals surface area contributed by atoms with Gasteiger partial charge in [-0.05, 0) is 83.5 Å². The maximum absolute atomic E-state index is 12.8. The number of carbonyl (C=O) groups is 1. The average Bonchev–Trinajstić information content (AvgIpc) is 3.26. The summed E-state index contributed by atoms with van der Waals surface area (Å²) in [5.74, 6) is -0.328. The smallest absolute Gasteiger partial charge is 0.306 e. The fourth-order valence-corrected chi connectivity index (χ4v) is 7.04. The summed E-state index contributed by atoms with van der Waals surface area (Å²) in [6.45, 7) is 4.40. The molecule has 61 heavy (non-hydrogen) atoms. The Morgan fingerprint density at radius 2 is 1.00 bits per heavy atom. The first kappa shape index (κ1) is 56.6. The van der Waals surface area contributed by atoms with Crippen molar-refractivity contribution in [2.45, 2.75) is 224 Å². The van der Waals surface area contributed by atoms with Crippen LogP contribution in [0.5, 0.6) is 0 Å². The Hall–Kier alpha value is -2.37. The van der Waals surface area contributed by atoms with Crippen molar-refractivity contribution in [1.82, 2.24) is 0 Å². The largest absolute Gasteiger partial charge is 0.457 e. The van der Waals surface area contributed by atoms with E-state index in [1.807, 2.05) is 0 Å². The highest BCUT2D eigenvalue weighted by Gasteiger charge is 2.44. The van der Waals surface area contributed by atoms with Gasteiger partial charge in [-0.3, -0.25) is 4.79 Å². The van der Waals surface area contributed by atoms with Crippen molar-refractivity contribution in [3.8, 4) is 0 Å². The molecule has 1 saturated heterocycles. The summed E-state index contributed by atoms with van der Waals surface area (Å²) >= 11 is 0. The molecule has 0 saturated carbocycles. The van der Waals surface area contributed by atoms with E-state index < -0.39 is 43.4 Å². The van der Waals surface area contributed by atoms with Crippen LogP contribution in [-0.2, 0) is 23.7 Å². The molecule has 1 heterocycles. The molecule has 0 aromatic heterocycles. The van der Waals surface area contributed by atoms with Crippen molar-refractivity contribution < 1.29 is 44.2 Å². The summed E-state index contributed by atoms with van der Waals surface area (Å²) in [5.41, 5.74) is 0. The number of hydrogen-bond acceptors (Lipinski definition) is 9. The highest BCUT2D eigenvalue weighted by atomic mass is 16.7. The van der Waals surface area contributed by atoms with Crippen LogP contribution in [0.3, 0.4) is 0 Å². The molecule has 6 atom stereocenters. The van der Waals surface area contributed by atoms with Crippen LogP contribution in [0.1, 0.15) is 187 Å². The normalized spacial score (nSPS) is 20.5. The number of hydrogen-bond donors (Lipinski definition) is 4. The molecular weight excluding hydrogens is 769 g/mol. The van der Waals surface area contributed by atoms with Gasteiger partial charge in [0.2, 0.25) is 0 Å². The molecule has 352 valence electrons. The Bertz CT molecular complexity index is 1160. The molecule has 0 radical (unpaired) electrons. The first-order valence-corrected chi connectivity index (χ1v) is 24.5. The van der Waals surface area contributed by atoms with Gasteiger partial charge in [-0.25, -0.2) is 0 Å². The third-order valence-corrected chi connectivity index (χ3v) is 10.9.